The monoisotopic (exact) mass is 241 g/mol. The maximum atomic E-state index is 4.51. The number of aryl methyl sites for hydroxylation is 2. The maximum Gasteiger partial charge on any atom is 0.131 e. The second-order valence-electron chi connectivity index (χ2n) is 3.96. The first kappa shape index (κ1) is 10.6. The molecule has 0 aliphatic carbocycles. The van der Waals surface area contributed by atoms with Gasteiger partial charge in [0.05, 0.1) is 23.8 Å². The molecule has 3 aromatic rings. The van der Waals surface area contributed by atoms with Gasteiger partial charge in [0, 0.05) is 14.1 Å². The van der Waals surface area contributed by atoms with Gasteiger partial charge in [-0.25, -0.2) is 4.98 Å². The summed E-state index contributed by atoms with van der Waals surface area (Å²) in [5.74, 6) is 0. The molecule has 0 amide bonds. The van der Waals surface area contributed by atoms with E-state index in [1.165, 1.54) is 0 Å². The third kappa shape index (κ3) is 1.86. The van der Waals surface area contributed by atoms with Crippen molar-refractivity contribution in [2.45, 2.75) is 0 Å². The van der Waals surface area contributed by atoms with E-state index in [4.69, 9.17) is 0 Å². The average molecular weight is 241 g/mol. The fraction of sp³-hybridized carbons (Fsp3) is 0.182. The first-order valence-electron chi connectivity index (χ1n) is 5.43. The number of hydrogen-bond donors (Lipinski definition) is 0. The van der Waals surface area contributed by atoms with Gasteiger partial charge in [0.2, 0.25) is 0 Å². The molecule has 0 aliphatic rings. The average Bonchev–Trinajstić information content (AvgIpc) is 2.98. The maximum absolute atomic E-state index is 4.51. The third-order valence-electron chi connectivity index (χ3n) is 2.48. The van der Waals surface area contributed by atoms with E-state index in [2.05, 4.69) is 25.6 Å². The van der Waals surface area contributed by atoms with Gasteiger partial charge in [0.15, 0.2) is 0 Å². The second-order valence-corrected chi connectivity index (χ2v) is 3.96. The zero-order chi connectivity index (χ0) is 12.5. The van der Waals surface area contributed by atoms with Crippen molar-refractivity contribution in [2.75, 3.05) is 0 Å². The summed E-state index contributed by atoms with van der Waals surface area (Å²) in [4.78, 5) is 4.51. The van der Waals surface area contributed by atoms with Crippen LogP contribution in [0, 0.1) is 0 Å². The van der Waals surface area contributed by atoms with E-state index in [1.807, 2.05) is 44.7 Å². The Morgan fingerprint density at radius 2 is 1.28 bits per heavy atom. The molecule has 0 saturated carbocycles. The van der Waals surface area contributed by atoms with Crippen LogP contribution in [0.15, 0.2) is 30.6 Å². The number of hydrogen-bond acceptors (Lipinski definition) is 5. The Labute approximate surface area is 103 Å². The van der Waals surface area contributed by atoms with Crippen molar-refractivity contribution >= 4 is 0 Å². The fourth-order valence-electron chi connectivity index (χ4n) is 1.65. The van der Waals surface area contributed by atoms with Crippen molar-refractivity contribution in [3.63, 3.8) is 0 Å². The molecule has 18 heavy (non-hydrogen) atoms. The van der Waals surface area contributed by atoms with Gasteiger partial charge in [-0.15, -0.1) is 10.2 Å². The number of aromatic nitrogens is 7. The summed E-state index contributed by atoms with van der Waals surface area (Å²) in [5.41, 5.74) is 3.02. The van der Waals surface area contributed by atoms with E-state index in [0.717, 1.165) is 22.8 Å². The van der Waals surface area contributed by atoms with Gasteiger partial charge in [-0.05, 0) is 12.1 Å². The van der Waals surface area contributed by atoms with Crippen LogP contribution in [0.2, 0.25) is 0 Å². The van der Waals surface area contributed by atoms with E-state index in [0.29, 0.717) is 0 Å². The summed E-state index contributed by atoms with van der Waals surface area (Å²) < 4.78 is 3.29. The molecule has 0 bridgehead atoms. The molecule has 0 radical (unpaired) electrons. The van der Waals surface area contributed by atoms with E-state index in [9.17, 15) is 0 Å². The predicted molar refractivity (Wildman–Crippen MR) is 64.2 cm³/mol. The first-order valence-corrected chi connectivity index (χ1v) is 5.43. The van der Waals surface area contributed by atoms with Crippen LogP contribution in [0.5, 0.6) is 0 Å². The summed E-state index contributed by atoms with van der Waals surface area (Å²) in [7, 11) is 3.64. The summed E-state index contributed by atoms with van der Waals surface area (Å²) in [6.45, 7) is 0. The van der Waals surface area contributed by atoms with Crippen LogP contribution in [0.1, 0.15) is 0 Å². The molecule has 0 N–H and O–H groups in total. The number of rotatable bonds is 2. The van der Waals surface area contributed by atoms with Crippen LogP contribution in [-0.4, -0.2) is 35.0 Å². The van der Waals surface area contributed by atoms with E-state index in [1.54, 1.807) is 9.36 Å². The SMILES string of the molecule is Cn1cc(-c2cccc(-c3cn(C)nn3)n2)nn1. The Kier molecular flexibility index (Phi) is 2.36. The lowest BCUT2D eigenvalue weighted by Crippen LogP contribution is -1.88. The van der Waals surface area contributed by atoms with Crippen LogP contribution in [-0.2, 0) is 14.1 Å². The van der Waals surface area contributed by atoms with Gasteiger partial charge in [0.1, 0.15) is 11.4 Å². The van der Waals surface area contributed by atoms with E-state index < -0.39 is 0 Å². The van der Waals surface area contributed by atoms with Crippen molar-refractivity contribution < 1.29 is 0 Å². The molecule has 90 valence electrons. The molecule has 0 aromatic carbocycles. The Bertz CT molecular complexity index is 627. The lowest BCUT2D eigenvalue weighted by molar-refractivity contribution is 0.715. The van der Waals surface area contributed by atoms with Gasteiger partial charge < -0.3 is 0 Å². The molecule has 3 rings (SSSR count). The second kappa shape index (κ2) is 4.02. The van der Waals surface area contributed by atoms with Crippen LogP contribution in [0.3, 0.4) is 0 Å². The van der Waals surface area contributed by atoms with Crippen molar-refractivity contribution in [3.8, 4) is 22.8 Å². The molecule has 0 atom stereocenters. The molecule has 3 heterocycles. The quantitative estimate of drug-likeness (QED) is 0.659. The summed E-state index contributed by atoms with van der Waals surface area (Å²) in [6.07, 6.45) is 3.64. The fourth-order valence-corrected chi connectivity index (χ4v) is 1.65. The molecule has 0 fully saturated rings. The van der Waals surface area contributed by atoms with Crippen molar-refractivity contribution in [2.24, 2.45) is 14.1 Å². The Morgan fingerprint density at radius 1 is 0.778 bits per heavy atom. The smallest absolute Gasteiger partial charge is 0.131 e. The normalized spacial score (nSPS) is 10.8. The molecule has 0 spiro atoms. The van der Waals surface area contributed by atoms with Crippen LogP contribution in [0.4, 0.5) is 0 Å². The van der Waals surface area contributed by atoms with Gasteiger partial charge in [-0.3, -0.25) is 9.36 Å². The number of pyridine rings is 1. The lowest BCUT2D eigenvalue weighted by Gasteiger charge is -1.98. The molecule has 0 saturated heterocycles. The largest absolute Gasteiger partial charge is 0.255 e. The number of nitrogens with zero attached hydrogens (tertiary/aromatic N) is 7. The molecule has 3 aromatic heterocycles. The third-order valence-corrected chi connectivity index (χ3v) is 2.48. The van der Waals surface area contributed by atoms with Crippen LogP contribution < -0.4 is 0 Å². The highest BCUT2D eigenvalue weighted by molar-refractivity contribution is 5.60. The minimum Gasteiger partial charge on any atom is -0.255 e. The topological polar surface area (TPSA) is 74.3 Å². The lowest BCUT2D eigenvalue weighted by atomic mass is 10.2. The van der Waals surface area contributed by atoms with Crippen LogP contribution >= 0.6 is 0 Å². The van der Waals surface area contributed by atoms with Gasteiger partial charge in [-0.2, -0.15) is 0 Å². The highest BCUT2D eigenvalue weighted by Gasteiger charge is 2.08. The predicted octanol–water partition coefficient (Wildman–Crippen LogP) is 0.673. The molecule has 7 heteroatoms. The Morgan fingerprint density at radius 3 is 1.67 bits per heavy atom. The van der Waals surface area contributed by atoms with Crippen molar-refractivity contribution in [1.29, 1.82) is 0 Å². The molecule has 0 unspecified atom stereocenters. The first-order chi connectivity index (χ1) is 8.72. The Hall–Kier alpha value is -2.57. The highest BCUT2D eigenvalue weighted by atomic mass is 15.4. The standard InChI is InChI=1S/C11H11N7/c1-17-6-10(13-15-17)8-4-3-5-9(12-8)11-7-18(2)16-14-11/h3-7H,1-2H3. The molecular formula is C11H11N7. The van der Waals surface area contributed by atoms with Crippen molar-refractivity contribution in [1.82, 2.24) is 35.0 Å². The Balaban J connectivity index is 2.04. The van der Waals surface area contributed by atoms with E-state index in [-0.39, 0.29) is 0 Å². The van der Waals surface area contributed by atoms with Gasteiger partial charge in [-0.1, -0.05) is 16.5 Å². The van der Waals surface area contributed by atoms with Crippen molar-refractivity contribution in [3.05, 3.63) is 30.6 Å². The minimum atomic E-state index is 0.739. The minimum absolute atomic E-state index is 0.739. The van der Waals surface area contributed by atoms with Gasteiger partial charge in [0.25, 0.3) is 0 Å². The van der Waals surface area contributed by atoms with E-state index >= 15 is 0 Å². The summed E-state index contributed by atoms with van der Waals surface area (Å²) >= 11 is 0. The van der Waals surface area contributed by atoms with Crippen LogP contribution in [0.25, 0.3) is 22.8 Å². The highest BCUT2D eigenvalue weighted by Crippen LogP contribution is 2.18. The zero-order valence-corrected chi connectivity index (χ0v) is 10.0. The van der Waals surface area contributed by atoms with Gasteiger partial charge >= 0.3 is 0 Å². The summed E-state index contributed by atoms with van der Waals surface area (Å²) in [6, 6.07) is 5.70. The molecular weight excluding hydrogens is 230 g/mol. The molecule has 0 aliphatic heterocycles. The molecule has 7 nitrogen and oxygen atoms in total. The summed E-state index contributed by atoms with van der Waals surface area (Å²) in [5, 5.41) is 15.9. The zero-order valence-electron chi connectivity index (χ0n) is 10.0.